The van der Waals surface area contributed by atoms with Gasteiger partial charge < -0.3 is 14.9 Å². The maximum Gasteiger partial charge on any atom is 0.335 e. The molecule has 0 radical (unpaired) electrons. The Morgan fingerprint density at radius 3 is 2.35 bits per heavy atom. The maximum absolute atomic E-state index is 11.0. The lowest BCUT2D eigenvalue weighted by Gasteiger charge is -2.49. The summed E-state index contributed by atoms with van der Waals surface area (Å²) in [6.45, 7) is 2.95. The van der Waals surface area contributed by atoms with Crippen molar-refractivity contribution in [2.24, 2.45) is 0 Å². The van der Waals surface area contributed by atoms with Gasteiger partial charge in [0.2, 0.25) is 0 Å². The fraction of sp³-hybridized carbons (Fsp3) is 0.562. The third-order valence-electron chi connectivity index (χ3n) is 4.62. The molecular weight excluding hydrogens is 252 g/mol. The largest absolute Gasteiger partial charge is 0.478 e. The molecule has 1 aliphatic rings. The Labute approximate surface area is 121 Å². The summed E-state index contributed by atoms with van der Waals surface area (Å²) >= 11 is 0. The van der Waals surface area contributed by atoms with Crippen LogP contribution in [0.4, 0.5) is 5.69 Å². The predicted octanol–water partition coefficient (Wildman–Crippen LogP) is 2.61. The minimum atomic E-state index is -0.869. The number of carboxylic acid groups (broad SMARTS) is 1. The predicted molar refractivity (Wildman–Crippen MR) is 81.7 cm³/mol. The van der Waals surface area contributed by atoms with Crippen molar-refractivity contribution in [2.45, 2.75) is 31.7 Å². The molecule has 0 saturated heterocycles. The van der Waals surface area contributed by atoms with Crippen molar-refractivity contribution in [3.8, 4) is 0 Å². The highest BCUT2D eigenvalue weighted by Gasteiger charge is 2.40. The lowest BCUT2D eigenvalue weighted by atomic mass is 9.75. The number of hydrogen-bond donors (Lipinski definition) is 1. The van der Waals surface area contributed by atoms with Crippen LogP contribution in [0.2, 0.25) is 0 Å². The van der Waals surface area contributed by atoms with Gasteiger partial charge in [0.05, 0.1) is 5.56 Å². The molecule has 1 aliphatic carbocycles. The Kier molecular flexibility index (Phi) is 4.04. The summed E-state index contributed by atoms with van der Waals surface area (Å²) in [4.78, 5) is 15.6. The van der Waals surface area contributed by atoms with Crippen molar-refractivity contribution >= 4 is 11.7 Å². The van der Waals surface area contributed by atoms with Crippen LogP contribution in [0.5, 0.6) is 0 Å². The van der Waals surface area contributed by atoms with Gasteiger partial charge in [-0.05, 0) is 64.0 Å². The fourth-order valence-electron chi connectivity index (χ4n) is 3.08. The standard InChI is InChI=1S/C16H24N2O2/c1-12-10-13(15(19)20)6-7-14(12)18(4)11-16(17(2)3)8-5-9-16/h6-7,10H,5,8-9,11H2,1-4H3,(H,19,20). The van der Waals surface area contributed by atoms with Crippen LogP contribution in [0, 0.1) is 6.92 Å². The second-order valence-corrected chi connectivity index (χ2v) is 6.13. The minimum Gasteiger partial charge on any atom is -0.478 e. The van der Waals surface area contributed by atoms with E-state index in [-0.39, 0.29) is 5.54 Å². The third-order valence-corrected chi connectivity index (χ3v) is 4.62. The second kappa shape index (κ2) is 5.44. The molecule has 0 bridgehead atoms. The summed E-state index contributed by atoms with van der Waals surface area (Å²) in [5, 5.41) is 9.02. The van der Waals surface area contributed by atoms with Crippen molar-refractivity contribution in [1.82, 2.24) is 4.90 Å². The molecule has 1 aromatic carbocycles. The fourth-order valence-corrected chi connectivity index (χ4v) is 3.08. The zero-order chi connectivity index (χ0) is 14.9. The molecule has 2 rings (SSSR count). The van der Waals surface area contributed by atoms with E-state index in [1.165, 1.54) is 19.3 Å². The zero-order valence-electron chi connectivity index (χ0n) is 12.8. The Bertz CT molecular complexity index is 507. The van der Waals surface area contributed by atoms with E-state index in [9.17, 15) is 4.79 Å². The van der Waals surface area contributed by atoms with Gasteiger partial charge in [-0.25, -0.2) is 4.79 Å². The normalized spacial score (nSPS) is 16.9. The molecule has 4 nitrogen and oxygen atoms in total. The highest BCUT2D eigenvalue weighted by Crippen LogP contribution is 2.37. The van der Waals surface area contributed by atoms with Crippen LogP contribution in [-0.2, 0) is 0 Å². The lowest BCUT2D eigenvalue weighted by molar-refractivity contribution is 0.0682. The van der Waals surface area contributed by atoms with Gasteiger partial charge in [-0.15, -0.1) is 0 Å². The first kappa shape index (κ1) is 14.9. The van der Waals surface area contributed by atoms with Crippen molar-refractivity contribution in [1.29, 1.82) is 0 Å². The van der Waals surface area contributed by atoms with Gasteiger partial charge in [-0.3, -0.25) is 0 Å². The van der Waals surface area contributed by atoms with E-state index in [0.29, 0.717) is 5.56 Å². The Hall–Kier alpha value is -1.55. The van der Waals surface area contributed by atoms with E-state index in [0.717, 1.165) is 17.8 Å². The third kappa shape index (κ3) is 2.66. The van der Waals surface area contributed by atoms with Gasteiger partial charge in [0.1, 0.15) is 0 Å². The van der Waals surface area contributed by atoms with Crippen molar-refractivity contribution < 1.29 is 9.90 Å². The quantitative estimate of drug-likeness (QED) is 0.898. The first-order valence-electron chi connectivity index (χ1n) is 7.08. The van der Waals surface area contributed by atoms with E-state index in [1.54, 1.807) is 12.1 Å². The Morgan fingerprint density at radius 2 is 1.95 bits per heavy atom. The summed E-state index contributed by atoms with van der Waals surface area (Å²) in [5.41, 5.74) is 2.75. The molecule has 0 atom stereocenters. The number of hydrogen-bond acceptors (Lipinski definition) is 3. The number of anilines is 1. The number of nitrogens with zero attached hydrogens (tertiary/aromatic N) is 2. The first-order chi connectivity index (χ1) is 9.35. The van der Waals surface area contributed by atoms with Crippen molar-refractivity contribution in [3.63, 3.8) is 0 Å². The van der Waals surface area contributed by atoms with Crippen LogP contribution in [0.3, 0.4) is 0 Å². The van der Waals surface area contributed by atoms with Crippen LogP contribution in [0.1, 0.15) is 35.2 Å². The first-order valence-corrected chi connectivity index (χ1v) is 7.08. The van der Waals surface area contributed by atoms with Gasteiger partial charge in [-0.1, -0.05) is 0 Å². The summed E-state index contributed by atoms with van der Waals surface area (Å²) in [7, 11) is 6.38. The average molecular weight is 276 g/mol. The average Bonchev–Trinajstić information content (AvgIpc) is 2.32. The second-order valence-electron chi connectivity index (χ2n) is 6.13. The summed E-state index contributed by atoms with van der Waals surface area (Å²) in [6.07, 6.45) is 3.76. The summed E-state index contributed by atoms with van der Waals surface area (Å²) < 4.78 is 0. The highest BCUT2D eigenvalue weighted by molar-refractivity contribution is 5.88. The molecule has 0 aliphatic heterocycles. The van der Waals surface area contributed by atoms with Crippen LogP contribution < -0.4 is 4.90 Å². The van der Waals surface area contributed by atoms with E-state index in [4.69, 9.17) is 5.11 Å². The van der Waals surface area contributed by atoms with E-state index in [2.05, 4.69) is 30.9 Å². The molecule has 0 heterocycles. The van der Waals surface area contributed by atoms with E-state index < -0.39 is 5.97 Å². The molecular formula is C16H24N2O2. The van der Waals surface area contributed by atoms with Crippen molar-refractivity contribution in [2.75, 3.05) is 32.6 Å². The molecule has 1 saturated carbocycles. The number of carboxylic acids is 1. The molecule has 1 fully saturated rings. The van der Waals surface area contributed by atoms with E-state index >= 15 is 0 Å². The summed E-state index contributed by atoms with van der Waals surface area (Å²) in [6, 6.07) is 5.35. The topological polar surface area (TPSA) is 43.8 Å². The van der Waals surface area contributed by atoms with Crippen LogP contribution in [-0.4, -0.2) is 49.2 Å². The SMILES string of the molecule is Cc1cc(C(=O)O)ccc1N(C)CC1(N(C)C)CCC1. The molecule has 4 heteroatoms. The number of likely N-dealkylation sites (N-methyl/N-ethyl adjacent to an activating group) is 2. The van der Waals surface area contributed by atoms with Gasteiger partial charge in [0, 0.05) is 24.8 Å². The lowest BCUT2D eigenvalue weighted by Crippen LogP contribution is -2.56. The van der Waals surface area contributed by atoms with Crippen molar-refractivity contribution in [3.05, 3.63) is 29.3 Å². The molecule has 110 valence electrons. The monoisotopic (exact) mass is 276 g/mol. The molecule has 0 amide bonds. The maximum atomic E-state index is 11.0. The smallest absolute Gasteiger partial charge is 0.335 e. The number of rotatable bonds is 5. The van der Waals surface area contributed by atoms with E-state index in [1.807, 2.05) is 13.0 Å². The Morgan fingerprint density at radius 1 is 1.30 bits per heavy atom. The number of carbonyl (C=O) groups is 1. The van der Waals surface area contributed by atoms with Gasteiger partial charge in [0.15, 0.2) is 0 Å². The Balaban J connectivity index is 2.17. The molecule has 0 aromatic heterocycles. The zero-order valence-corrected chi connectivity index (χ0v) is 12.8. The number of aryl methyl sites for hydroxylation is 1. The minimum absolute atomic E-state index is 0.270. The van der Waals surface area contributed by atoms with Crippen LogP contribution in [0.25, 0.3) is 0 Å². The van der Waals surface area contributed by atoms with Gasteiger partial charge >= 0.3 is 5.97 Å². The molecule has 1 N–H and O–H groups in total. The number of aromatic carboxylic acids is 1. The molecule has 20 heavy (non-hydrogen) atoms. The molecule has 1 aromatic rings. The molecule has 0 spiro atoms. The summed E-state index contributed by atoms with van der Waals surface area (Å²) in [5.74, 6) is -0.869. The molecule has 0 unspecified atom stereocenters. The van der Waals surface area contributed by atoms with Gasteiger partial charge in [-0.2, -0.15) is 0 Å². The van der Waals surface area contributed by atoms with Crippen LogP contribution in [0.15, 0.2) is 18.2 Å². The number of benzene rings is 1. The van der Waals surface area contributed by atoms with Gasteiger partial charge in [0.25, 0.3) is 0 Å². The highest BCUT2D eigenvalue weighted by atomic mass is 16.4. The van der Waals surface area contributed by atoms with Crippen LogP contribution >= 0.6 is 0 Å².